The summed E-state index contributed by atoms with van der Waals surface area (Å²) in [5.74, 6) is 0.163. The van der Waals surface area contributed by atoms with Crippen molar-refractivity contribution in [2.24, 2.45) is 5.73 Å². The minimum Gasteiger partial charge on any atom is -0.490 e. The van der Waals surface area contributed by atoms with Crippen molar-refractivity contribution in [2.75, 3.05) is 13.2 Å². The van der Waals surface area contributed by atoms with E-state index < -0.39 is 0 Å². The highest BCUT2D eigenvalue weighted by atomic mass is 19.1. The Morgan fingerprint density at radius 2 is 2.10 bits per heavy atom. The summed E-state index contributed by atoms with van der Waals surface area (Å²) in [6.45, 7) is 1.25. The van der Waals surface area contributed by atoms with Gasteiger partial charge in [0.2, 0.25) is 0 Å². The van der Waals surface area contributed by atoms with Gasteiger partial charge in [-0.25, -0.2) is 4.39 Å². The molecule has 0 aromatic heterocycles. The molecule has 3 nitrogen and oxygen atoms in total. The highest BCUT2D eigenvalue weighted by Gasteiger charge is 2.21. The van der Waals surface area contributed by atoms with E-state index in [1.54, 1.807) is 12.1 Å². The van der Waals surface area contributed by atoms with E-state index in [1.807, 2.05) is 12.1 Å². The van der Waals surface area contributed by atoms with Gasteiger partial charge in [0.05, 0.1) is 6.61 Å². The first kappa shape index (κ1) is 14.0. The Morgan fingerprint density at radius 1 is 1.24 bits per heavy atom. The molecule has 110 valence electrons. The molecule has 2 aromatic carbocycles. The van der Waals surface area contributed by atoms with Gasteiger partial charge in [-0.15, -0.1) is 0 Å². The predicted molar refractivity (Wildman–Crippen MR) is 78.6 cm³/mol. The fraction of sp³-hybridized carbons (Fsp3) is 0.294. The van der Waals surface area contributed by atoms with Crippen LogP contribution in [0.15, 0.2) is 42.5 Å². The van der Waals surface area contributed by atoms with Gasteiger partial charge < -0.3 is 15.2 Å². The van der Waals surface area contributed by atoms with Crippen LogP contribution >= 0.6 is 0 Å². The number of halogens is 1. The Bertz CT molecular complexity index is 630. The fourth-order valence-corrected chi connectivity index (χ4v) is 2.57. The highest BCUT2D eigenvalue weighted by Crippen LogP contribution is 2.28. The first-order valence-corrected chi connectivity index (χ1v) is 7.08. The summed E-state index contributed by atoms with van der Waals surface area (Å²) < 4.78 is 25.1. The molecule has 1 atom stereocenters. The zero-order valence-corrected chi connectivity index (χ0v) is 11.7. The molecular weight excluding hydrogens is 269 g/mol. The van der Waals surface area contributed by atoms with Crippen LogP contribution in [-0.2, 0) is 17.7 Å². The zero-order valence-electron chi connectivity index (χ0n) is 11.7. The second-order valence-electron chi connectivity index (χ2n) is 5.08. The van der Waals surface area contributed by atoms with Crippen molar-refractivity contribution >= 4 is 0 Å². The standard InChI is InChI=1S/C17H18FNO2/c18-16-9-14(6-5-13(16)10-19)21-11-17-15-4-2-1-3-12(15)7-8-20-17/h1-6,9,17H,7-8,10-11,19H2. The van der Waals surface area contributed by atoms with Gasteiger partial charge in [0.25, 0.3) is 0 Å². The molecule has 21 heavy (non-hydrogen) atoms. The van der Waals surface area contributed by atoms with Crippen molar-refractivity contribution < 1.29 is 13.9 Å². The van der Waals surface area contributed by atoms with Crippen LogP contribution in [0.1, 0.15) is 22.8 Å². The topological polar surface area (TPSA) is 44.5 Å². The Morgan fingerprint density at radius 3 is 2.90 bits per heavy atom. The van der Waals surface area contributed by atoms with Crippen LogP contribution in [0.25, 0.3) is 0 Å². The summed E-state index contributed by atoms with van der Waals surface area (Å²) in [5, 5.41) is 0. The molecule has 0 saturated heterocycles. The maximum absolute atomic E-state index is 13.7. The van der Waals surface area contributed by atoms with Crippen LogP contribution < -0.4 is 10.5 Å². The molecule has 0 bridgehead atoms. The first-order valence-electron chi connectivity index (χ1n) is 7.08. The van der Waals surface area contributed by atoms with Crippen LogP contribution in [-0.4, -0.2) is 13.2 Å². The maximum atomic E-state index is 13.7. The molecule has 1 heterocycles. The first-order chi connectivity index (χ1) is 10.3. The van der Waals surface area contributed by atoms with E-state index in [1.165, 1.54) is 11.6 Å². The Balaban J connectivity index is 1.70. The van der Waals surface area contributed by atoms with Gasteiger partial charge in [0, 0.05) is 18.2 Å². The van der Waals surface area contributed by atoms with E-state index in [-0.39, 0.29) is 18.5 Å². The van der Waals surface area contributed by atoms with E-state index in [0.717, 1.165) is 12.0 Å². The van der Waals surface area contributed by atoms with Crippen molar-refractivity contribution in [3.63, 3.8) is 0 Å². The highest BCUT2D eigenvalue weighted by molar-refractivity contribution is 5.32. The van der Waals surface area contributed by atoms with E-state index in [9.17, 15) is 4.39 Å². The Hall–Kier alpha value is -1.91. The van der Waals surface area contributed by atoms with Crippen molar-refractivity contribution in [1.82, 2.24) is 0 Å². The molecule has 0 saturated carbocycles. The second-order valence-corrected chi connectivity index (χ2v) is 5.08. The number of hydrogen-bond donors (Lipinski definition) is 1. The number of nitrogens with two attached hydrogens (primary N) is 1. The van der Waals surface area contributed by atoms with Gasteiger partial charge >= 0.3 is 0 Å². The molecule has 0 radical (unpaired) electrons. The van der Waals surface area contributed by atoms with Crippen molar-refractivity contribution in [3.05, 3.63) is 65.0 Å². The summed E-state index contributed by atoms with van der Waals surface area (Å²) in [6, 6.07) is 13.0. The lowest BCUT2D eigenvalue weighted by Gasteiger charge is -2.26. The average molecular weight is 287 g/mol. The van der Waals surface area contributed by atoms with Crippen LogP contribution in [0.5, 0.6) is 5.75 Å². The molecule has 2 N–H and O–H groups in total. The van der Waals surface area contributed by atoms with E-state index in [0.29, 0.717) is 24.5 Å². The summed E-state index contributed by atoms with van der Waals surface area (Å²) in [4.78, 5) is 0. The maximum Gasteiger partial charge on any atom is 0.131 e. The van der Waals surface area contributed by atoms with Gasteiger partial charge in [-0.3, -0.25) is 0 Å². The quantitative estimate of drug-likeness (QED) is 0.940. The van der Waals surface area contributed by atoms with Gasteiger partial charge in [0.15, 0.2) is 0 Å². The smallest absolute Gasteiger partial charge is 0.131 e. The van der Waals surface area contributed by atoms with Crippen molar-refractivity contribution in [2.45, 2.75) is 19.1 Å². The van der Waals surface area contributed by atoms with Crippen molar-refractivity contribution in [1.29, 1.82) is 0 Å². The average Bonchev–Trinajstić information content (AvgIpc) is 2.53. The van der Waals surface area contributed by atoms with Gasteiger partial charge in [0.1, 0.15) is 24.3 Å². The summed E-state index contributed by atoms with van der Waals surface area (Å²) in [5.41, 5.74) is 8.38. The predicted octanol–water partition coefficient (Wildman–Crippen LogP) is 2.98. The molecule has 0 amide bonds. The van der Waals surface area contributed by atoms with Gasteiger partial charge in [-0.2, -0.15) is 0 Å². The number of fused-ring (bicyclic) bond motifs is 1. The molecule has 1 unspecified atom stereocenters. The van der Waals surface area contributed by atoms with Gasteiger partial charge in [-0.05, 0) is 23.6 Å². The van der Waals surface area contributed by atoms with E-state index >= 15 is 0 Å². The lowest BCUT2D eigenvalue weighted by atomic mass is 9.98. The summed E-state index contributed by atoms with van der Waals surface area (Å²) >= 11 is 0. The molecule has 2 aromatic rings. The molecule has 0 spiro atoms. The van der Waals surface area contributed by atoms with Crippen LogP contribution in [0.4, 0.5) is 4.39 Å². The molecule has 0 fully saturated rings. The van der Waals surface area contributed by atoms with Crippen LogP contribution in [0.3, 0.4) is 0 Å². The van der Waals surface area contributed by atoms with Crippen LogP contribution in [0, 0.1) is 5.82 Å². The Kier molecular flexibility index (Phi) is 4.18. The molecule has 0 aliphatic carbocycles. The minimum absolute atomic E-state index is 0.104. The lowest BCUT2D eigenvalue weighted by molar-refractivity contribution is 0.0101. The SMILES string of the molecule is NCc1ccc(OCC2OCCc3ccccc32)cc1F. The number of hydrogen-bond acceptors (Lipinski definition) is 3. The lowest BCUT2D eigenvalue weighted by Crippen LogP contribution is -2.21. The fourth-order valence-electron chi connectivity index (χ4n) is 2.57. The van der Waals surface area contributed by atoms with Crippen molar-refractivity contribution in [3.8, 4) is 5.75 Å². The molecule has 3 rings (SSSR count). The summed E-state index contributed by atoms with van der Waals surface area (Å²) in [6.07, 6.45) is 0.819. The van der Waals surface area contributed by atoms with E-state index in [2.05, 4.69) is 12.1 Å². The third-order valence-electron chi connectivity index (χ3n) is 3.74. The largest absolute Gasteiger partial charge is 0.490 e. The third kappa shape index (κ3) is 3.06. The summed E-state index contributed by atoms with van der Waals surface area (Å²) in [7, 11) is 0. The minimum atomic E-state index is -0.333. The normalized spacial score (nSPS) is 17.3. The third-order valence-corrected chi connectivity index (χ3v) is 3.74. The van der Waals surface area contributed by atoms with E-state index in [4.69, 9.17) is 15.2 Å². The monoisotopic (exact) mass is 287 g/mol. The molecule has 4 heteroatoms. The van der Waals surface area contributed by atoms with Gasteiger partial charge in [-0.1, -0.05) is 30.3 Å². The number of rotatable bonds is 4. The van der Waals surface area contributed by atoms with Crippen LogP contribution in [0.2, 0.25) is 0 Å². The zero-order chi connectivity index (χ0) is 14.7. The Labute approximate surface area is 123 Å². The second kappa shape index (κ2) is 6.24. The molecule has 1 aliphatic heterocycles. The number of ether oxygens (including phenoxy) is 2. The molecular formula is C17H18FNO2. The number of benzene rings is 2. The molecule has 1 aliphatic rings.